The van der Waals surface area contributed by atoms with E-state index < -0.39 is 5.67 Å². The second-order valence-electron chi connectivity index (χ2n) is 8.81. The summed E-state index contributed by atoms with van der Waals surface area (Å²) in [5.74, 6) is -0.149. The lowest BCUT2D eigenvalue weighted by Crippen LogP contribution is -2.43. The number of nitrogens with zero attached hydrogens (tertiary/aromatic N) is 1. The van der Waals surface area contributed by atoms with Gasteiger partial charge in [-0.2, -0.15) is 0 Å². The predicted molar refractivity (Wildman–Crippen MR) is 122 cm³/mol. The first-order valence-corrected chi connectivity index (χ1v) is 11.2. The Morgan fingerprint density at radius 2 is 1.81 bits per heavy atom. The third-order valence-electron chi connectivity index (χ3n) is 6.41. The SMILES string of the molecule is Cc1ccc(C2(F)CCN(C(=O)c3ccc(C)c(NC(=O)NC4CCOC4)c3)CC2)cc1. The molecule has 32 heavy (non-hydrogen) atoms. The largest absolute Gasteiger partial charge is 0.379 e. The van der Waals surface area contributed by atoms with Gasteiger partial charge in [0.05, 0.1) is 12.6 Å². The molecule has 2 aliphatic rings. The van der Waals surface area contributed by atoms with Crippen molar-refractivity contribution >= 4 is 17.6 Å². The fourth-order valence-corrected chi connectivity index (χ4v) is 4.27. The number of halogens is 1. The van der Waals surface area contributed by atoms with Gasteiger partial charge >= 0.3 is 6.03 Å². The van der Waals surface area contributed by atoms with Crippen molar-refractivity contribution in [3.8, 4) is 0 Å². The number of amides is 3. The lowest BCUT2D eigenvalue weighted by Gasteiger charge is -2.37. The van der Waals surface area contributed by atoms with Gasteiger partial charge in [0.25, 0.3) is 5.91 Å². The molecule has 4 rings (SSSR count). The van der Waals surface area contributed by atoms with E-state index in [1.807, 2.05) is 44.2 Å². The Morgan fingerprint density at radius 3 is 2.47 bits per heavy atom. The molecule has 3 amide bonds. The molecule has 7 heteroatoms. The average molecular weight is 440 g/mol. The van der Waals surface area contributed by atoms with E-state index in [1.54, 1.807) is 17.0 Å². The van der Waals surface area contributed by atoms with Gasteiger partial charge in [-0.3, -0.25) is 4.79 Å². The molecule has 0 saturated carbocycles. The van der Waals surface area contributed by atoms with Crippen molar-refractivity contribution < 1.29 is 18.7 Å². The average Bonchev–Trinajstić information content (AvgIpc) is 3.28. The van der Waals surface area contributed by atoms with Crippen LogP contribution < -0.4 is 10.6 Å². The number of aryl methyl sites for hydroxylation is 2. The zero-order valence-corrected chi connectivity index (χ0v) is 18.6. The Balaban J connectivity index is 1.39. The predicted octanol–water partition coefficient (Wildman–Crippen LogP) is 4.31. The molecule has 2 aromatic rings. The number of hydrogen-bond donors (Lipinski definition) is 2. The number of carbonyl (C=O) groups is 2. The minimum absolute atomic E-state index is 0.00275. The van der Waals surface area contributed by atoms with Crippen LogP contribution in [-0.4, -0.2) is 49.2 Å². The summed E-state index contributed by atoms with van der Waals surface area (Å²) in [5.41, 5.74) is 2.29. The second-order valence-corrected chi connectivity index (χ2v) is 8.81. The van der Waals surface area contributed by atoms with E-state index in [9.17, 15) is 9.59 Å². The molecule has 2 fully saturated rings. The van der Waals surface area contributed by atoms with Gasteiger partial charge in [-0.15, -0.1) is 0 Å². The van der Waals surface area contributed by atoms with Gasteiger partial charge in [0.15, 0.2) is 0 Å². The van der Waals surface area contributed by atoms with E-state index in [2.05, 4.69) is 10.6 Å². The molecule has 0 spiro atoms. The third-order valence-corrected chi connectivity index (χ3v) is 6.41. The molecule has 2 saturated heterocycles. The lowest BCUT2D eigenvalue weighted by molar-refractivity contribution is 0.0421. The Morgan fingerprint density at radius 1 is 1.09 bits per heavy atom. The van der Waals surface area contributed by atoms with Crippen LogP contribution in [0.5, 0.6) is 0 Å². The van der Waals surface area contributed by atoms with Crippen molar-refractivity contribution in [3.63, 3.8) is 0 Å². The summed E-state index contributed by atoms with van der Waals surface area (Å²) < 4.78 is 20.8. The Hall–Kier alpha value is -2.93. The van der Waals surface area contributed by atoms with Crippen molar-refractivity contribution in [2.45, 2.75) is 44.8 Å². The molecule has 2 aliphatic heterocycles. The van der Waals surface area contributed by atoms with Crippen molar-refractivity contribution in [1.29, 1.82) is 0 Å². The number of ether oxygens (including phenoxy) is 1. The molecule has 6 nitrogen and oxygen atoms in total. The number of rotatable bonds is 4. The van der Waals surface area contributed by atoms with E-state index in [0.29, 0.717) is 43.1 Å². The van der Waals surface area contributed by atoms with Crippen molar-refractivity contribution in [1.82, 2.24) is 10.2 Å². The molecule has 0 radical (unpaired) electrons. The number of anilines is 1. The number of alkyl halides is 1. The summed E-state index contributed by atoms with van der Waals surface area (Å²) in [5, 5.41) is 5.72. The summed E-state index contributed by atoms with van der Waals surface area (Å²) in [6.07, 6.45) is 1.33. The van der Waals surface area contributed by atoms with E-state index >= 15 is 4.39 Å². The maximum absolute atomic E-state index is 15.5. The minimum atomic E-state index is -1.41. The van der Waals surface area contributed by atoms with E-state index in [4.69, 9.17) is 4.74 Å². The van der Waals surface area contributed by atoms with Crippen LogP contribution in [0, 0.1) is 13.8 Å². The molecule has 0 bridgehead atoms. The highest BCUT2D eigenvalue weighted by atomic mass is 19.1. The first-order chi connectivity index (χ1) is 15.3. The summed E-state index contributed by atoms with van der Waals surface area (Å²) >= 11 is 0. The first-order valence-electron chi connectivity index (χ1n) is 11.2. The fraction of sp³-hybridized carbons (Fsp3) is 0.440. The van der Waals surface area contributed by atoms with Crippen LogP contribution in [0.4, 0.5) is 14.9 Å². The molecular formula is C25H30FN3O3. The van der Waals surface area contributed by atoms with Crippen LogP contribution >= 0.6 is 0 Å². The molecule has 0 aliphatic carbocycles. The van der Waals surface area contributed by atoms with Crippen LogP contribution in [0.25, 0.3) is 0 Å². The zero-order chi connectivity index (χ0) is 22.7. The van der Waals surface area contributed by atoms with Gasteiger partial charge < -0.3 is 20.3 Å². The summed E-state index contributed by atoms with van der Waals surface area (Å²) in [6.45, 7) is 5.71. The maximum Gasteiger partial charge on any atom is 0.319 e. The van der Waals surface area contributed by atoms with Crippen molar-refractivity contribution in [2.24, 2.45) is 0 Å². The van der Waals surface area contributed by atoms with Gasteiger partial charge in [0, 0.05) is 43.8 Å². The number of benzene rings is 2. The van der Waals surface area contributed by atoms with Gasteiger partial charge in [0.2, 0.25) is 0 Å². The number of carbonyl (C=O) groups excluding carboxylic acids is 2. The monoisotopic (exact) mass is 439 g/mol. The summed E-state index contributed by atoms with van der Waals surface area (Å²) in [6, 6.07) is 12.5. The highest BCUT2D eigenvalue weighted by Gasteiger charge is 2.37. The highest BCUT2D eigenvalue weighted by molar-refractivity contribution is 5.97. The molecule has 1 atom stereocenters. The van der Waals surface area contributed by atoms with Crippen molar-refractivity contribution in [3.05, 3.63) is 64.7 Å². The lowest BCUT2D eigenvalue weighted by atomic mass is 9.85. The smallest absolute Gasteiger partial charge is 0.319 e. The number of nitrogens with one attached hydrogen (secondary N) is 2. The number of hydrogen-bond acceptors (Lipinski definition) is 3. The van der Waals surface area contributed by atoms with Crippen LogP contribution in [0.1, 0.15) is 46.3 Å². The number of piperidine rings is 1. The Kier molecular flexibility index (Phi) is 6.46. The van der Waals surface area contributed by atoms with Gasteiger partial charge in [0.1, 0.15) is 5.67 Å². The summed E-state index contributed by atoms with van der Waals surface area (Å²) in [7, 11) is 0. The first kappa shape index (κ1) is 22.3. The molecule has 2 N–H and O–H groups in total. The topological polar surface area (TPSA) is 70.7 Å². The van der Waals surface area contributed by atoms with Gasteiger partial charge in [-0.1, -0.05) is 35.9 Å². The van der Waals surface area contributed by atoms with Crippen LogP contribution in [0.3, 0.4) is 0 Å². The fourth-order valence-electron chi connectivity index (χ4n) is 4.27. The standard InChI is InChI=1S/C25H30FN3O3/c1-17-3-7-20(8-4-17)25(26)10-12-29(13-11-25)23(30)19-6-5-18(2)22(15-19)28-24(31)27-21-9-14-32-16-21/h3-8,15,21H,9-14,16H2,1-2H3,(H2,27,28,31). The quantitative estimate of drug-likeness (QED) is 0.746. The minimum Gasteiger partial charge on any atom is -0.379 e. The normalized spacial score (nSPS) is 20.1. The maximum atomic E-state index is 15.5. The Bertz CT molecular complexity index is 978. The highest BCUT2D eigenvalue weighted by Crippen LogP contribution is 2.37. The number of urea groups is 1. The zero-order valence-electron chi connectivity index (χ0n) is 18.6. The molecular weight excluding hydrogens is 409 g/mol. The molecule has 2 aromatic carbocycles. The van der Waals surface area contributed by atoms with Gasteiger partial charge in [-0.05, 0) is 43.5 Å². The molecule has 2 heterocycles. The second kappa shape index (κ2) is 9.28. The molecule has 1 unspecified atom stereocenters. The van der Waals surface area contributed by atoms with E-state index in [-0.39, 0.29) is 30.8 Å². The molecule has 170 valence electrons. The van der Waals surface area contributed by atoms with E-state index in [1.165, 1.54) is 0 Å². The van der Waals surface area contributed by atoms with Crippen LogP contribution in [0.2, 0.25) is 0 Å². The molecule has 0 aromatic heterocycles. The Labute approximate surface area is 188 Å². The van der Waals surface area contributed by atoms with Gasteiger partial charge in [-0.25, -0.2) is 9.18 Å². The van der Waals surface area contributed by atoms with Crippen LogP contribution in [0.15, 0.2) is 42.5 Å². The van der Waals surface area contributed by atoms with E-state index in [0.717, 1.165) is 17.5 Å². The number of likely N-dealkylation sites (tertiary alicyclic amines) is 1. The third kappa shape index (κ3) is 4.93. The van der Waals surface area contributed by atoms with Crippen molar-refractivity contribution in [2.75, 3.05) is 31.6 Å². The summed E-state index contributed by atoms with van der Waals surface area (Å²) in [4.78, 5) is 27.1. The van der Waals surface area contributed by atoms with Crippen LogP contribution in [-0.2, 0) is 10.4 Å².